The Bertz CT molecular complexity index is 1840. The van der Waals surface area contributed by atoms with E-state index in [9.17, 15) is 0 Å². The minimum atomic E-state index is -0.299. The van der Waals surface area contributed by atoms with Crippen LogP contribution in [0.15, 0.2) is 60.7 Å². The van der Waals surface area contributed by atoms with Gasteiger partial charge in [0.1, 0.15) is 17.1 Å². The Balaban J connectivity index is 1.64. The fourth-order valence-corrected chi connectivity index (χ4v) is 6.52. The summed E-state index contributed by atoms with van der Waals surface area (Å²) in [4.78, 5) is 7.42. The first-order valence-corrected chi connectivity index (χ1v) is 12.7. The average Bonchev–Trinajstić information content (AvgIpc) is 3.42. The van der Waals surface area contributed by atoms with E-state index in [0.29, 0.717) is 0 Å². The monoisotopic (exact) mass is 474 g/mol. The number of aryl methyl sites for hydroxylation is 2. The summed E-state index contributed by atoms with van der Waals surface area (Å²) in [5, 5.41) is 5.00. The van der Waals surface area contributed by atoms with Gasteiger partial charge in [0.25, 0.3) is 0 Å². The van der Waals surface area contributed by atoms with Crippen molar-refractivity contribution in [2.75, 3.05) is 7.11 Å². The molecule has 0 saturated heterocycles. The quantitative estimate of drug-likeness (QED) is 0.265. The number of fused-ring (bicyclic) bond motifs is 8. The third-order valence-corrected chi connectivity index (χ3v) is 7.96. The largest absolute Gasteiger partial charge is 0.495 e. The summed E-state index contributed by atoms with van der Waals surface area (Å²) in [6.07, 6.45) is 0.885. The van der Waals surface area contributed by atoms with E-state index in [1.165, 1.54) is 49.3 Å². The van der Waals surface area contributed by atoms with Gasteiger partial charge in [-0.15, -0.1) is 0 Å². The summed E-state index contributed by atoms with van der Waals surface area (Å²) >= 11 is 0. The van der Waals surface area contributed by atoms with Crippen molar-refractivity contribution in [3.8, 4) is 11.5 Å². The molecule has 0 aliphatic carbocycles. The molecular weight excluding hydrogens is 444 g/mol. The second-order valence-electron chi connectivity index (χ2n) is 10.9. The number of para-hydroxylation sites is 2. The van der Waals surface area contributed by atoms with Crippen LogP contribution in [-0.4, -0.2) is 22.7 Å². The summed E-state index contributed by atoms with van der Waals surface area (Å²) in [5.74, 6) is 2.05. The normalized spacial score (nSPS) is 17.1. The van der Waals surface area contributed by atoms with Gasteiger partial charge in [-0.25, -0.2) is 0 Å². The zero-order valence-electron chi connectivity index (χ0n) is 21.4. The lowest BCUT2D eigenvalue weighted by atomic mass is 9.76. The Morgan fingerprint density at radius 2 is 1.47 bits per heavy atom. The summed E-state index contributed by atoms with van der Waals surface area (Å²) in [6.45, 7) is 8.83. The molecule has 0 radical (unpaired) electrons. The van der Waals surface area contributed by atoms with Crippen LogP contribution in [0.3, 0.4) is 0 Å². The maximum absolute atomic E-state index is 6.72. The highest BCUT2D eigenvalue weighted by atomic mass is 16.5. The van der Waals surface area contributed by atoms with E-state index < -0.39 is 0 Å². The number of ether oxygens (including phenoxy) is 2. The molecule has 4 heteroatoms. The number of rotatable bonds is 2. The zero-order chi connectivity index (χ0) is 24.8. The molecule has 2 N–H and O–H groups in total. The number of aromatic amines is 2. The van der Waals surface area contributed by atoms with Crippen LogP contribution in [0, 0.1) is 13.8 Å². The third kappa shape index (κ3) is 2.87. The third-order valence-electron chi connectivity index (χ3n) is 7.96. The van der Waals surface area contributed by atoms with E-state index in [4.69, 9.17) is 9.47 Å². The van der Waals surface area contributed by atoms with Crippen LogP contribution in [0.2, 0.25) is 0 Å². The van der Waals surface area contributed by atoms with Crippen molar-refractivity contribution < 1.29 is 9.47 Å². The van der Waals surface area contributed by atoms with Gasteiger partial charge in [0.15, 0.2) is 0 Å². The second-order valence-corrected chi connectivity index (χ2v) is 10.9. The maximum Gasteiger partial charge on any atom is 0.143 e. The van der Waals surface area contributed by atoms with E-state index in [1.807, 2.05) is 0 Å². The molecule has 4 nitrogen and oxygen atoms in total. The minimum Gasteiger partial charge on any atom is -0.495 e. The first-order chi connectivity index (χ1) is 17.4. The van der Waals surface area contributed by atoms with Gasteiger partial charge >= 0.3 is 0 Å². The van der Waals surface area contributed by atoms with Gasteiger partial charge in [0.05, 0.1) is 18.1 Å². The van der Waals surface area contributed by atoms with Crippen LogP contribution in [-0.2, 0) is 0 Å². The highest BCUT2D eigenvalue weighted by molar-refractivity contribution is 6.13. The molecule has 0 amide bonds. The Labute approximate surface area is 210 Å². The highest BCUT2D eigenvalue weighted by Gasteiger charge is 2.39. The van der Waals surface area contributed by atoms with E-state index in [1.54, 1.807) is 7.11 Å². The molecular formula is C32H30N2O2. The predicted molar refractivity (Wildman–Crippen MR) is 149 cm³/mol. The van der Waals surface area contributed by atoms with E-state index in [2.05, 4.69) is 98.3 Å². The lowest BCUT2D eigenvalue weighted by molar-refractivity contribution is 0.0772. The molecule has 1 aliphatic rings. The molecule has 1 atom stereocenters. The highest BCUT2D eigenvalue weighted by Crippen LogP contribution is 2.53. The first kappa shape index (κ1) is 21.4. The molecule has 0 spiro atoms. The van der Waals surface area contributed by atoms with E-state index >= 15 is 0 Å². The number of methoxy groups -OCH3 is 1. The molecule has 180 valence electrons. The molecule has 0 bridgehead atoms. The van der Waals surface area contributed by atoms with Gasteiger partial charge in [-0.05, 0) is 75.1 Å². The van der Waals surface area contributed by atoms with E-state index in [-0.39, 0.29) is 11.5 Å². The fraction of sp³-hybridized carbons (Fsp3) is 0.250. The van der Waals surface area contributed by atoms with Crippen molar-refractivity contribution >= 4 is 43.6 Å². The maximum atomic E-state index is 6.72. The van der Waals surface area contributed by atoms with Crippen LogP contribution < -0.4 is 9.47 Å². The Morgan fingerprint density at radius 1 is 0.806 bits per heavy atom. The molecule has 4 aromatic carbocycles. The van der Waals surface area contributed by atoms with Crippen molar-refractivity contribution in [2.45, 2.75) is 45.6 Å². The van der Waals surface area contributed by atoms with Crippen LogP contribution in [0.1, 0.15) is 48.4 Å². The van der Waals surface area contributed by atoms with Gasteiger partial charge in [0, 0.05) is 44.1 Å². The van der Waals surface area contributed by atoms with Gasteiger partial charge in [-0.1, -0.05) is 36.4 Å². The number of aromatic nitrogens is 2. The number of hydrogen-bond acceptors (Lipinski definition) is 2. The second kappa shape index (κ2) is 7.30. The molecule has 2 aromatic heterocycles. The van der Waals surface area contributed by atoms with Gasteiger partial charge in [-0.2, -0.15) is 0 Å². The van der Waals surface area contributed by atoms with Crippen molar-refractivity contribution in [1.82, 2.24) is 9.97 Å². The van der Waals surface area contributed by atoms with Crippen molar-refractivity contribution in [1.29, 1.82) is 0 Å². The van der Waals surface area contributed by atoms with Crippen molar-refractivity contribution in [3.05, 3.63) is 82.9 Å². The molecule has 0 unspecified atom stereocenters. The summed E-state index contributed by atoms with van der Waals surface area (Å²) in [7, 11) is 1.75. The molecule has 3 heterocycles. The fourth-order valence-electron chi connectivity index (χ4n) is 6.52. The number of H-pyrrole nitrogens is 2. The van der Waals surface area contributed by atoms with Crippen LogP contribution in [0.5, 0.6) is 11.5 Å². The summed E-state index contributed by atoms with van der Waals surface area (Å²) in [5.41, 5.74) is 9.27. The predicted octanol–water partition coefficient (Wildman–Crippen LogP) is 8.27. The number of hydrogen-bond donors (Lipinski definition) is 2. The standard InChI is InChI=1S/C32H30N2O2/c1-17-15-25(35-5)30-27(20-11-7-9-13-24(20)34-30)26(17)22-16-32(3,4)36-31-18(2)14-21-19-10-6-8-12-23(19)33-29(21)28(22)31/h6-15,22,33-34H,16H2,1-5H3/t22-/m1/s1. The molecule has 7 rings (SSSR count). The lowest BCUT2D eigenvalue weighted by Gasteiger charge is -2.39. The van der Waals surface area contributed by atoms with Crippen LogP contribution >= 0.6 is 0 Å². The number of nitrogens with one attached hydrogen (secondary N) is 2. The van der Waals surface area contributed by atoms with Crippen molar-refractivity contribution in [2.24, 2.45) is 0 Å². The minimum absolute atomic E-state index is 0.159. The SMILES string of the molecule is COc1cc(C)c([C@H]2CC(C)(C)Oc3c(C)cc4c([nH]c5ccccc54)c32)c2c1[nH]c1ccccc12. The molecule has 36 heavy (non-hydrogen) atoms. The Hall–Kier alpha value is -3.92. The molecule has 0 fully saturated rings. The number of benzene rings is 4. The summed E-state index contributed by atoms with van der Waals surface area (Å²) in [6, 6.07) is 21.6. The molecule has 0 saturated carbocycles. The zero-order valence-corrected chi connectivity index (χ0v) is 21.4. The molecule has 1 aliphatic heterocycles. The lowest BCUT2D eigenvalue weighted by Crippen LogP contribution is -2.36. The van der Waals surface area contributed by atoms with Gasteiger partial charge in [-0.3, -0.25) is 0 Å². The Morgan fingerprint density at radius 3 is 2.22 bits per heavy atom. The smallest absolute Gasteiger partial charge is 0.143 e. The van der Waals surface area contributed by atoms with Gasteiger partial charge in [0.2, 0.25) is 0 Å². The Kier molecular flexibility index (Phi) is 4.33. The topological polar surface area (TPSA) is 50.0 Å². The summed E-state index contributed by atoms with van der Waals surface area (Å²) < 4.78 is 12.6. The van der Waals surface area contributed by atoms with Crippen molar-refractivity contribution in [3.63, 3.8) is 0 Å². The van der Waals surface area contributed by atoms with E-state index in [0.717, 1.165) is 34.5 Å². The molecule has 6 aromatic rings. The first-order valence-electron chi connectivity index (χ1n) is 12.7. The van der Waals surface area contributed by atoms with Crippen LogP contribution in [0.25, 0.3) is 43.6 Å². The van der Waals surface area contributed by atoms with Crippen LogP contribution in [0.4, 0.5) is 0 Å². The average molecular weight is 475 g/mol. The van der Waals surface area contributed by atoms with Gasteiger partial charge < -0.3 is 19.4 Å².